The van der Waals surface area contributed by atoms with Gasteiger partial charge < -0.3 is 10.0 Å². The molecular weight excluding hydrogens is 340 g/mol. The van der Waals surface area contributed by atoms with Gasteiger partial charge in [0.25, 0.3) is 0 Å². The zero-order chi connectivity index (χ0) is 18.9. The van der Waals surface area contributed by atoms with Gasteiger partial charge in [0.2, 0.25) is 0 Å². The molecule has 0 amide bonds. The van der Waals surface area contributed by atoms with Crippen LogP contribution in [-0.2, 0) is 17.9 Å². The van der Waals surface area contributed by atoms with Crippen molar-refractivity contribution in [3.63, 3.8) is 0 Å². The first-order chi connectivity index (χ1) is 13.1. The lowest BCUT2D eigenvalue weighted by atomic mass is 9.68. The molecule has 2 aliphatic heterocycles. The van der Waals surface area contributed by atoms with Crippen LogP contribution in [0.4, 0.5) is 0 Å². The first-order valence-corrected chi connectivity index (χ1v) is 9.78. The third kappa shape index (κ3) is 3.64. The first kappa shape index (κ1) is 18.2. The summed E-state index contributed by atoms with van der Waals surface area (Å²) in [5.74, 6) is -0.611. The number of rotatable bonds is 5. The van der Waals surface area contributed by atoms with E-state index in [-0.39, 0.29) is 6.04 Å². The lowest BCUT2D eigenvalue weighted by Crippen LogP contribution is -2.62. The maximum atomic E-state index is 12.1. The number of carboxylic acid groups (broad SMARTS) is 1. The van der Waals surface area contributed by atoms with E-state index >= 15 is 0 Å². The van der Waals surface area contributed by atoms with E-state index in [9.17, 15) is 9.90 Å². The van der Waals surface area contributed by atoms with E-state index in [1.54, 1.807) is 6.20 Å². The molecule has 0 bridgehead atoms. The highest BCUT2D eigenvalue weighted by Crippen LogP contribution is 2.42. The van der Waals surface area contributed by atoms with Crippen LogP contribution in [0.3, 0.4) is 0 Å². The van der Waals surface area contributed by atoms with Gasteiger partial charge in [0.05, 0.1) is 12.0 Å². The quantitative estimate of drug-likeness (QED) is 0.877. The summed E-state index contributed by atoms with van der Waals surface area (Å²) in [6, 6.07) is 10.7. The maximum absolute atomic E-state index is 12.1. The van der Waals surface area contributed by atoms with E-state index in [1.165, 1.54) is 11.1 Å². The Balaban J connectivity index is 1.45. The topological polar surface area (TPSA) is 61.6 Å². The number of nitrogens with zero attached hydrogens (tertiary/aromatic N) is 4. The summed E-state index contributed by atoms with van der Waals surface area (Å²) in [5, 5.41) is 14.2. The Morgan fingerprint density at radius 3 is 2.78 bits per heavy atom. The molecule has 2 aromatic rings. The van der Waals surface area contributed by atoms with Gasteiger partial charge in [0.15, 0.2) is 0 Å². The molecule has 6 nitrogen and oxygen atoms in total. The zero-order valence-corrected chi connectivity index (χ0v) is 15.9. The molecule has 1 aromatic heterocycles. The van der Waals surface area contributed by atoms with E-state index < -0.39 is 11.4 Å². The monoisotopic (exact) mass is 368 g/mol. The van der Waals surface area contributed by atoms with Crippen molar-refractivity contribution < 1.29 is 9.90 Å². The van der Waals surface area contributed by atoms with Crippen molar-refractivity contribution >= 4 is 5.97 Å². The number of benzene rings is 1. The smallest absolute Gasteiger partial charge is 0.311 e. The molecule has 0 spiro atoms. The molecule has 144 valence electrons. The lowest BCUT2D eigenvalue weighted by Gasteiger charge is -2.51. The summed E-state index contributed by atoms with van der Waals surface area (Å²) >= 11 is 0. The van der Waals surface area contributed by atoms with E-state index in [4.69, 9.17) is 0 Å². The van der Waals surface area contributed by atoms with Gasteiger partial charge in [-0.3, -0.25) is 14.4 Å². The maximum Gasteiger partial charge on any atom is 0.311 e. The van der Waals surface area contributed by atoms with Crippen LogP contribution in [0.1, 0.15) is 30.4 Å². The summed E-state index contributed by atoms with van der Waals surface area (Å²) in [7, 11) is 2.08. The molecule has 1 N–H and O–H groups in total. The molecule has 2 atom stereocenters. The Morgan fingerprint density at radius 2 is 2.04 bits per heavy atom. The Hall–Kier alpha value is -2.18. The van der Waals surface area contributed by atoms with Gasteiger partial charge in [0, 0.05) is 31.5 Å². The largest absolute Gasteiger partial charge is 0.481 e. The molecule has 0 saturated carbocycles. The summed E-state index contributed by atoms with van der Waals surface area (Å²) in [6.45, 7) is 4.31. The molecule has 2 fully saturated rings. The normalized spacial score (nSPS) is 26.6. The number of carbonyl (C=O) groups is 1. The zero-order valence-electron chi connectivity index (χ0n) is 15.9. The van der Waals surface area contributed by atoms with Gasteiger partial charge in [0.1, 0.15) is 0 Å². The van der Waals surface area contributed by atoms with Gasteiger partial charge in [-0.05, 0) is 56.6 Å². The van der Waals surface area contributed by atoms with Crippen LogP contribution in [0.2, 0.25) is 0 Å². The van der Waals surface area contributed by atoms with Crippen molar-refractivity contribution in [3.8, 4) is 0 Å². The van der Waals surface area contributed by atoms with Crippen LogP contribution in [0.15, 0.2) is 42.7 Å². The van der Waals surface area contributed by atoms with E-state index in [1.807, 2.05) is 16.9 Å². The van der Waals surface area contributed by atoms with Crippen molar-refractivity contribution in [3.05, 3.63) is 53.9 Å². The molecule has 0 unspecified atom stereocenters. The third-order valence-electron chi connectivity index (χ3n) is 6.34. The number of likely N-dealkylation sites (N-methyl/N-ethyl adjacent to an activating group) is 1. The number of piperidine rings is 2. The molecule has 0 aliphatic carbocycles. The minimum absolute atomic E-state index is 0.102. The van der Waals surface area contributed by atoms with Crippen LogP contribution in [0, 0.1) is 5.41 Å². The van der Waals surface area contributed by atoms with E-state index in [0.29, 0.717) is 0 Å². The number of hydrogen-bond donors (Lipinski definition) is 1. The Labute approximate surface area is 160 Å². The van der Waals surface area contributed by atoms with Crippen LogP contribution in [0.5, 0.6) is 0 Å². The Morgan fingerprint density at radius 1 is 1.22 bits per heavy atom. The van der Waals surface area contributed by atoms with Gasteiger partial charge in [-0.2, -0.15) is 5.10 Å². The standard InChI is InChI=1S/C21H28N4O2/c1-23-10-3-7-21(20(26)27)8-12-24(16-19(21)23)14-17-5-2-6-18(13-17)15-25-11-4-9-22-25/h2,4-6,9,11,13,19H,3,7-8,10,12,14-16H2,1H3,(H,26,27)/t19-,21+/m1/s1. The number of hydrogen-bond acceptors (Lipinski definition) is 4. The van der Waals surface area contributed by atoms with Crippen molar-refractivity contribution in [1.29, 1.82) is 0 Å². The third-order valence-corrected chi connectivity index (χ3v) is 6.34. The van der Waals surface area contributed by atoms with E-state index in [2.05, 4.69) is 46.2 Å². The van der Waals surface area contributed by atoms with Crippen molar-refractivity contribution in [2.45, 2.75) is 38.4 Å². The minimum Gasteiger partial charge on any atom is -0.481 e. The number of carboxylic acids is 1. The van der Waals surface area contributed by atoms with Crippen molar-refractivity contribution in [2.24, 2.45) is 5.41 Å². The Kier molecular flexibility index (Phi) is 5.02. The summed E-state index contributed by atoms with van der Waals surface area (Å²) in [6.07, 6.45) is 6.30. The second-order valence-corrected chi connectivity index (χ2v) is 8.07. The average Bonchev–Trinajstić information content (AvgIpc) is 3.16. The van der Waals surface area contributed by atoms with Gasteiger partial charge in [-0.15, -0.1) is 0 Å². The summed E-state index contributed by atoms with van der Waals surface area (Å²) in [4.78, 5) is 16.7. The Bertz CT molecular complexity index is 791. The highest BCUT2D eigenvalue weighted by molar-refractivity contribution is 5.76. The first-order valence-electron chi connectivity index (χ1n) is 9.78. The summed E-state index contributed by atoms with van der Waals surface area (Å²) in [5.41, 5.74) is 1.95. The molecule has 6 heteroatoms. The number of fused-ring (bicyclic) bond motifs is 1. The van der Waals surface area contributed by atoms with Crippen molar-refractivity contribution in [1.82, 2.24) is 19.6 Å². The molecule has 0 radical (unpaired) electrons. The summed E-state index contributed by atoms with van der Waals surface area (Å²) < 4.78 is 1.93. The highest BCUT2D eigenvalue weighted by atomic mass is 16.4. The molecular formula is C21H28N4O2. The predicted molar refractivity (Wildman–Crippen MR) is 103 cm³/mol. The van der Waals surface area contributed by atoms with Crippen LogP contribution in [-0.4, -0.2) is 63.4 Å². The number of aromatic nitrogens is 2. The highest BCUT2D eigenvalue weighted by Gasteiger charge is 2.52. The molecule has 4 rings (SSSR count). The molecule has 1 aromatic carbocycles. The molecule has 27 heavy (non-hydrogen) atoms. The number of likely N-dealkylation sites (tertiary alicyclic amines) is 2. The number of aliphatic carboxylic acids is 1. The lowest BCUT2D eigenvalue weighted by molar-refractivity contribution is -0.162. The minimum atomic E-state index is -0.611. The van der Waals surface area contributed by atoms with Gasteiger partial charge in [-0.25, -0.2) is 0 Å². The molecule has 3 heterocycles. The fourth-order valence-corrected chi connectivity index (χ4v) is 4.85. The van der Waals surface area contributed by atoms with Crippen LogP contribution >= 0.6 is 0 Å². The second-order valence-electron chi connectivity index (χ2n) is 8.07. The van der Waals surface area contributed by atoms with Gasteiger partial charge in [-0.1, -0.05) is 24.3 Å². The average molecular weight is 368 g/mol. The van der Waals surface area contributed by atoms with Crippen molar-refractivity contribution in [2.75, 3.05) is 26.7 Å². The fourth-order valence-electron chi connectivity index (χ4n) is 4.85. The molecule has 2 saturated heterocycles. The molecule has 2 aliphatic rings. The van der Waals surface area contributed by atoms with E-state index in [0.717, 1.165) is 52.0 Å². The SMILES string of the molecule is CN1CCC[C@]2(C(=O)O)CCN(Cc3cccc(Cn4cccn4)c3)C[C@@H]12. The fraction of sp³-hybridized carbons (Fsp3) is 0.524. The second kappa shape index (κ2) is 7.44. The predicted octanol–water partition coefficient (Wildman–Crippen LogP) is 2.30. The van der Waals surface area contributed by atoms with Crippen LogP contribution < -0.4 is 0 Å². The van der Waals surface area contributed by atoms with Crippen LogP contribution in [0.25, 0.3) is 0 Å². The van der Waals surface area contributed by atoms with Gasteiger partial charge >= 0.3 is 5.97 Å².